The molecule has 0 fully saturated rings. The van der Waals surface area contributed by atoms with Crippen molar-refractivity contribution in [2.75, 3.05) is 10.8 Å². The van der Waals surface area contributed by atoms with Gasteiger partial charge in [0.2, 0.25) is 0 Å². The second-order valence-electron chi connectivity index (χ2n) is 5.09. The highest BCUT2D eigenvalue weighted by molar-refractivity contribution is 7.91. The number of carbonyl (C=O) groups is 1. The molecule has 2 N–H and O–H groups in total. The van der Waals surface area contributed by atoms with Crippen LogP contribution in [-0.4, -0.2) is 31.6 Å². The lowest BCUT2D eigenvalue weighted by Crippen LogP contribution is -2.50. The summed E-state index contributed by atoms with van der Waals surface area (Å²) in [7, 11) is -3.93. The minimum absolute atomic E-state index is 0.307. The minimum Gasteiger partial charge on any atom is -0.480 e. The number of para-hydroxylation sites is 1. The summed E-state index contributed by atoms with van der Waals surface area (Å²) in [6, 6.07) is 8.12. The van der Waals surface area contributed by atoms with Crippen molar-refractivity contribution < 1.29 is 18.3 Å². The first-order valence-electron chi connectivity index (χ1n) is 5.70. The number of aliphatic carboxylic acids is 1. The van der Waals surface area contributed by atoms with Crippen LogP contribution in [0.2, 0.25) is 0 Å². The average Bonchev–Trinajstić information content (AvgIpc) is 2.23. The Kier molecular flexibility index (Phi) is 4.54. The molecule has 1 aromatic rings. The molecule has 0 bridgehead atoms. The van der Waals surface area contributed by atoms with Crippen molar-refractivity contribution in [1.82, 2.24) is 4.72 Å². The van der Waals surface area contributed by atoms with Crippen LogP contribution in [0.4, 0.5) is 5.69 Å². The number of carboxylic acid groups (broad SMARTS) is 1. The van der Waals surface area contributed by atoms with Crippen LogP contribution >= 0.6 is 0 Å². The molecule has 19 heavy (non-hydrogen) atoms. The Morgan fingerprint density at radius 1 is 1.26 bits per heavy atom. The van der Waals surface area contributed by atoms with Crippen molar-refractivity contribution in [3.05, 3.63) is 30.3 Å². The minimum atomic E-state index is -3.93. The first kappa shape index (κ1) is 15.5. The van der Waals surface area contributed by atoms with Gasteiger partial charge in [-0.3, -0.25) is 4.79 Å². The van der Waals surface area contributed by atoms with Crippen LogP contribution in [0.5, 0.6) is 0 Å². The zero-order valence-electron chi connectivity index (χ0n) is 11.1. The fourth-order valence-electron chi connectivity index (χ4n) is 1.47. The number of rotatable bonds is 5. The number of nitrogens with one attached hydrogen (secondary N) is 1. The molecule has 0 aliphatic rings. The summed E-state index contributed by atoms with van der Waals surface area (Å²) in [6.45, 7) is 4.44. The normalized spacial score (nSPS) is 12.2. The maximum atomic E-state index is 12.2. The van der Waals surface area contributed by atoms with Gasteiger partial charge in [-0.05, 0) is 32.9 Å². The van der Waals surface area contributed by atoms with E-state index in [4.69, 9.17) is 5.11 Å². The standard InChI is InChI=1S/C12H18N2O4S/c1-12(2,3)13-19(17,18)14(9-11(15)16)10-7-5-4-6-8-10/h4-8,13H,9H2,1-3H3,(H,15,16). The molecule has 1 aromatic carbocycles. The van der Waals surface area contributed by atoms with Gasteiger partial charge < -0.3 is 5.11 Å². The van der Waals surface area contributed by atoms with Gasteiger partial charge in [0.25, 0.3) is 0 Å². The van der Waals surface area contributed by atoms with Crippen LogP contribution in [0.15, 0.2) is 30.3 Å². The molecule has 6 nitrogen and oxygen atoms in total. The van der Waals surface area contributed by atoms with Gasteiger partial charge in [0.1, 0.15) is 6.54 Å². The van der Waals surface area contributed by atoms with Gasteiger partial charge in [-0.25, -0.2) is 4.31 Å². The lowest BCUT2D eigenvalue weighted by Gasteiger charge is -2.28. The molecule has 1 rings (SSSR count). The SMILES string of the molecule is CC(C)(C)NS(=O)(=O)N(CC(=O)O)c1ccccc1. The summed E-state index contributed by atoms with van der Waals surface area (Å²) in [5.74, 6) is -1.22. The molecule has 0 unspecified atom stereocenters. The molecule has 0 radical (unpaired) electrons. The maximum absolute atomic E-state index is 12.2. The Balaban J connectivity index is 3.15. The van der Waals surface area contributed by atoms with Gasteiger partial charge in [-0.2, -0.15) is 13.1 Å². The van der Waals surface area contributed by atoms with Gasteiger partial charge in [0.15, 0.2) is 0 Å². The predicted molar refractivity (Wildman–Crippen MR) is 73.2 cm³/mol. The molecular formula is C12H18N2O4S. The zero-order valence-corrected chi connectivity index (χ0v) is 11.9. The summed E-state index contributed by atoms with van der Waals surface area (Å²) >= 11 is 0. The third kappa shape index (κ3) is 4.88. The van der Waals surface area contributed by atoms with E-state index >= 15 is 0 Å². The average molecular weight is 286 g/mol. The van der Waals surface area contributed by atoms with Crippen LogP contribution in [0.1, 0.15) is 20.8 Å². The van der Waals surface area contributed by atoms with Gasteiger partial charge >= 0.3 is 16.2 Å². The summed E-state index contributed by atoms with van der Waals surface area (Å²) in [6.07, 6.45) is 0. The van der Waals surface area contributed by atoms with Crippen LogP contribution in [0.25, 0.3) is 0 Å². The van der Waals surface area contributed by atoms with Crippen LogP contribution in [-0.2, 0) is 15.0 Å². The Hall–Kier alpha value is -1.60. The third-order valence-electron chi connectivity index (χ3n) is 2.05. The number of anilines is 1. The molecule has 0 aliphatic carbocycles. The lowest BCUT2D eigenvalue weighted by atomic mass is 10.1. The number of carboxylic acids is 1. The number of nitrogens with zero attached hydrogens (tertiary/aromatic N) is 1. The van der Waals surface area contributed by atoms with Crippen molar-refractivity contribution in [3.8, 4) is 0 Å². The molecule has 0 spiro atoms. The molecule has 0 saturated carbocycles. The Morgan fingerprint density at radius 3 is 2.21 bits per heavy atom. The highest BCUT2D eigenvalue weighted by Crippen LogP contribution is 2.17. The van der Waals surface area contributed by atoms with E-state index in [1.807, 2.05) is 0 Å². The predicted octanol–water partition coefficient (Wildman–Crippen LogP) is 1.21. The van der Waals surface area contributed by atoms with Gasteiger partial charge in [0, 0.05) is 5.54 Å². The second kappa shape index (κ2) is 5.58. The smallest absolute Gasteiger partial charge is 0.324 e. The molecule has 0 amide bonds. The summed E-state index contributed by atoms with van der Waals surface area (Å²) in [5.41, 5.74) is -0.383. The summed E-state index contributed by atoms with van der Waals surface area (Å²) in [5, 5.41) is 8.87. The fourth-order valence-corrected chi connectivity index (χ4v) is 3.04. The van der Waals surface area contributed by atoms with Crippen LogP contribution < -0.4 is 9.03 Å². The van der Waals surface area contributed by atoms with E-state index < -0.39 is 28.3 Å². The molecule has 0 atom stereocenters. The van der Waals surface area contributed by atoms with E-state index in [1.165, 1.54) is 0 Å². The van der Waals surface area contributed by atoms with Crippen LogP contribution in [0.3, 0.4) is 0 Å². The van der Waals surface area contributed by atoms with Gasteiger partial charge in [-0.1, -0.05) is 18.2 Å². The molecule has 7 heteroatoms. The Morgan fingerprint density at radius 2 is 1.79 bits per heavy atom. The van der Waals surface area contributed by atoms with Crippen LogP contribution in [0, 0.1) is 0 Å². The molecule has 106 valence electrons. The number of hydrogen-bond donors (Lipinski definition) is 2. The lowest BCUT2D eigenvalue weighted by molar-refractivity contribution is -0.135. The molecular weight excluding hydrogens is 268 g/mol. The van der Waals surface area contributed by atoms with E-state index in [0.29, 0.717) is 5.69 Å². The van der Waals surface area contributed by atoms with E-state index in [9.17, 15) is 13.2 Å². The van der Waals surface area contributed by atoms with Crippen molar-refractivity contribution in [2.24, 2.45) is 0 Å². The Labute approximate surface area is 113 Å². The quantitative estimate of drug-likeness (QED) is 0.851. The van der Waals surface area contributed by atoms with Crippen molar-refractivity contribution in [2.45, 2.75) is 26.3 Å². The molecule has 0 saturated heterocycles. The first-order chi connectivity index (χ1) is 8.62. The van der Waals surface area contributed by atoms with E-state index in [2.05, 4.69) is 4.72 Å². The fraction of sp³-hybridized carbons (Fsp3) is 0.417. The molecule has 0 aromatic heterocycles. The molecule has 0 heterocycles. The summed E-state index contributed by atoms with van der Waals surface area (Å²) in [4.78, 5) is 10.9. The first-order valence-corrected chi connectivity index (χ1v) is 7.14. The highest BCUT2D eigenvalue weighted by Gasteiger charge is 2.28. The van der Waals surface area contributed by atoms with E-state index in [-0.39, 0.29) is 0 Å². The maximum Gasteiger partial charge on any atom is 0.324 e. The van der Waals surface area contributed by atoms with E-state index in [1.54, 1.807) is 51.1 Å². The van der Waals surface area contributed by atoms with Crippen molar-refractivity contribution >= 4 is 21.9 Å². The summed E-state index contributed by atoms with van der Waals surface area (Å²) < 4.78 is 27.7. The molecule has 0 aliphatic heterocycles. The second-order valence-corrected chi connectivity index (χ2v) is 6.69. The Bertz CT molecular complexity index is 535. The largest absolute Gasteiger partial charge is 0.480 e. The number of benzene rings is 1. The number of hydrogen-bond acceptors (Lipinski definition) is 3. The zero-order chi connectivity index (χ0) is 14.7. The topological polar surface area (TPSA) is 86.7 Å². The monoisotopic (exact) mass is 286 g/mol. The van der Waals surface area contributed by atoms with Crippen molar-refractivity contribution in [1.29, 1.82) is 0 Å². The van der Waals surface area contributed by atoms with Gasteiger partial charge in [0.05, 0.1) is 5.69 Å². The van der Waals surface area contributed by atoms with Gasteiger partial charge in [-0.15, -0.1) is 0 Å². The van der Waals surface area contributed by atoms with E-state index in [0.717, 1.165) is 4.31 Å². The van der Waals surface area contributed by atoms with Crippen molar-refractivity contribution in [3.63, 3.8) is 0 Å². The highest BCUT2D eigenvalue weighted by atomic mass is 32.2. The third-order valence-corrected chi connectivity index (χ3v) is 3.84.